The predicted octanol–water partition coefficient (Wildman–Crippen LogP) is 0.833. The van der Waals surface area contributed by atoms with Gasteiger partial charge in [-0.05, 0) is 13.3 Å². The number of aryl methyl sites for hydroxylation is 2. The second-order valence-electron chi connectivity index (χ2n) is 2.85. The van der Waals surface area contributed by atoms with Crippen molar-refractivity contribution >= 4 is 0 Å². The van der Waals surface area contributed by atoms with Gasteiger partial charge in [-0.15, -0.1) is 0 Å². The molecule has 0 amide bonds. The normalized spacial score (nSPS) is 9.62. The minimum atomic E-state index is -0.296. The van der Waals surface area contributed by atoms with E-state index in [1.165, 1.54) is 6.20 Å². The zero-order valence-corrected chi connectivity index (χ0v) is 7.74. The predicted molar refractivity (Wildman–Crippen MR) is 48.2 cm³/mol. The fourth-order valence-electron chi connectivity index (χ4n) is 1.15. The molecule has 0 aliphatic heterocycles. The molecule has 0 unspecified atom stereocenters. The Morgan fingerprint density at radius 2 is 2.38 bits per heavy atom. The van der Waals surface area contributed by atoms with Crippen LogP contribution >= 0.6 is 0 Å². The number of hydrogen-bond donors (Lipinski definition) is 0. The summed E-state index contributed by atoms with van der Waals surface area (Å²) < 4.78 is 1.02. The molecule has 0 saturated carbocycles. The summed E-state index contributed by atoms with van der Waals surface area (Å²) >= 11 is 0. The lowest BCUT2D eigenvalue weighted by molar-refractivity contribution is 0.813. The van der Waals surface area contributed by atoms with Crippen LogP contribution in [-0.4, -0.2) is 9.55 Å². The van der Waals surface area contributed by atoms with Gasteiger partial charge in [0.15, 0.2) is 6.19 Å². The summed E-state index contributed by atoms with van der Waals surface area (Å²) in [5, 5.41) is 8.62. The van der Waals surface area contributed by atoms with Crippen LogP contribution in [0.25, 0.3) is 0 Å². The molecule has 0 fully saturated rings. The maximum atomic E-state index is 11.4. The summed E-state index contributed by atoms with van der Waals surface area (Å²) in [4.78, 5) is 15.5. The van der Waals surface area contributed by atoms with E-state index < -0.39 is 0 Å². The van der Waals surface area contributed by atoms with Crippen LogP contribution < -0.4 is 5.56 Å². The van der Waals surface area contributed by atoms with Gasteiger partial charge in [0.1, 0.15) is 5.69 Å². The first kappa shape index (κ1) is 9.46. The maximum Gasteiger partial charge on any atom is 0.285 e. The Morgan fingerprint density at radius 1 is 1.69 bits per heavy atom. The molecule has 13 heavy (non-hydrogen) atoms. The summed E-state index contributed by atoms with van der Waals surface area (Å²) in [6.45, 7) is 3.74. The number of nitriles is 1. The smallest absolute Gasteiger partial charge is 0.266 e. The van der Waals surface area contributed by atoms with Crippen LogP contribution in [0.1, 0.15) is 24.7 Å². The highest BCUT2D eigenvalue weighted by Crippen LogP contribution is 1.95. The van der Waals surface area contributed by atoms with E-state index >= 15 is 0 Å². The molecule has 4 heteroatoms. The zero-order chi connectivity index (χ0) is 9.84. The molecule has 1 aromatic heterocycles. The summed E-state index contributed by atoms with van der Waals surface area (Å²) in [5.41, 5.74) is 0.878. The maximum absolute atomic E-state index is 11.4. The molecule has 0 radical (unpaired) electrons. The molecule has 0 N–H and O–H groups in total. The highest BCUT2D eigenvalue weighted by molar-refractivity contribution is 5.07. The van der Waals surface area contributed by atoms with Gasteiger partial charge in [0.05, 0.1) is 5.69 Å². The van der Waals surface area contributed by atoms with E-state index in [0.717, 1.165) is 11.0 Å². The van der Waals surface area contributed by atoms with Crippen LogP contribution in [0.4, 0.5) is 0 Å². The fourth-order valence-corrected chi connectivity index (χ4v) is 1.15. The van der Waals surface area contributed by atoms with E-state index in [9.17, 15) is 4.79 Å². The number of aromatic nitrogens is 2. The third-order valence-electron chi connectivity index (χ3n) is 1.69. The van der Waals surface area contributed by atoms with Gasteiger partial charge in [0.25, 0.3) is 5.56 Å². The lowest BCUT2D eigenvalue weighted by Crippen LogP contribution is -2.22. The standard InChI is InChI=1S/C9H11N3O/c1-3-4-8-9(13)12(6-10)5-7(2)11-8/h5H,3-4H2,1-2H3. The molecule has 0 saturated heterocycles. The van der Waals surface area contributed by atoms with Crippen LogP contribution in [0.15, 0.2) is 11.0 Å². The molecule has 0 aliphatic rings. The molecule has 1 aromatic rings. The first-order valence-corrected chi connectivity index (χ1v) is 4.18. The van der Waals surface area contributed by atoms with Crippen molar-refractivity contribution in [1.29, 1.82) is 5.26 Å². The highest BCUT2D eigenvalue weighted by atomic mass is 16.1. The van der Waals surface area contributed by atoms with Crippen molar-refractivity contribution in [2.75, 3.05) is 0 Å². The number of nitrogens with zero attached hydrogens (tertiary/aromatic N) is 3. The van der Waals surface area contributed by atoms with Crippen LogP contribution in [0.5, 0.6) is 0 Å². The minimum Gasteiger partial charge on any atom is -0.266 e. The third-order valence-corrected chi connectivity index (χ3v) is 1.69. The summed E-state index contributed by atoms with van der Waals surface area (Å²) in [7, 11) is 0. The van der Waals surface area contributed by atoms with Crippen LogP contribution in [0.2, 0.25) is 0 Å². The summed E-state index contributed by atoms with van der Waals surface area (Å²) in [6, 6.07) is 0. The second-order valence-corrected chi connectivity index (χ2v) is 2.85. The molecule has 1 rings (SSSR count). The molecular weight excluding hydrogens is 166 g/mol. The van der Waals surface area contributed by atoms with Gasteiger partial charge in [0.2, 0.25) is 0 Å². The molecule has 0 spiro atoms. The van der Waals surface area contributed by atoms with Crippen molar-refractivity contribution in [3.05, 3.63) is 27.9 Å². The quantitative estimate of drug-likeness (QED) is 0.672. The molecule has 68 valence electrons. The van der Waals surface area contributed by atoms with E-state index in [2.05, 4.69) is 4.98 Å². The first-order valence-electron chi connectivity index (χ1n) is 4.18. The van der Waals surface area contributed by atoms with E-state index in [0.29, 0.717) is 17.8 Å². The molecule has 0 aliphatic carbocycles. The van der Waals surface area contributed by atoms with Crippen molar-refractivity contribution in [3.8, 4) is 6.19 Å². The van der Waals surface area contributed by atoms with Crippen molar-refractivity contribution in [3.63, 3.8) is 0 Å². The van der Waals surface area contributed by atoms with Gasteiger partial charge in [-0.1, -0.05) is 13.3 Å². The zero-order valence-electron chi connectivity index (χ0n) is 7.74. The molecule has 0 bridgehead atoms. The summed E-state index contributed by atoms with van der Waals surface area (Å²) in [5.74, 6) is 0. The Labute approximate surface area is 76.5 Å². The van der Waals surface area contributed by atoms with Crippen LogP contribution in [0, 0.1) is 18.4 Å². The Balaban J connectivity index is 3.30. The lowest BCUT2D eigenvalue weighted by atomic mass is 10.2. The molecule has 4 nitrogen and oxygen atoms in total. The van der Waals surface area contributed by atoms with E-state index in [1.807, 2.05) is 6.92 Å². The van der Waals surface area contributed by atoms with Gasteiger partial charge in [-0.25, -0.2) is 4.57 Å². The summed E-state index contributed by atoms with van der Waals surface area (Å²) in [6.07, 6.45) is 4.73. The third kappa shape index (κ3) is 1.94. The van der Waals surface area contributed by atoms with Gasteiger partial charge >= 0.3 is 0 Å². The van der Waals surface area contributed by atoms with Crippen molar-refractivity contribution in [2.45, 2.75) is 26.7 Å². The Hall–Kier alpha value is -1.63. The van der Waals surface area contributed by atoms with E-state index in [-0.39, 0.29) is 5.56 Å². The number of rotatable bonds is 2. The average molecular weight is 177 g/mol. The molecule has 0 aromatic carbocycles. The Morgan fingerprint density at radius 3 is 2.92 bits per heavy atom. The molecule has 0 atom stereocenters. The Kier molecular flexibility index (Phi) is 2.80. The van der Waals surface area contributed by atoms with Gasteiger partial charge in [0, 0.05) is 6.20 Å². The fraction of sp³-hybridized carbons (Fsp3) is 0.444. The SMILES string of the molecule is CCCc1nc(C)cn(C#N)c1=O. The van der Waals surface area contributed by atoms with Crippen LogP contribution in [-0.2, 0) is 6.42 Å². The highest BCUT2D eigenvalue weighted by Gasteiger charge is 2.04. The van der Waals surface area contributed by atoms with Crippen LogP contribution in [0.3, 0.4) is 0 Å². The Bertz CT molecular complexity index is 400. The lowest BCUT2D eigenvalue weighted by Gasteiger charge is -2.00. The minimum absolute atomic E-state index is 0.296. The number of hydrogen-bond acceptors (Lipinski definition) is 3. The first-order chi connectivity index (χ1) is 6.19. The van der Waals surface area contributed by atoms with Crippen molar-refractivity contribution in [2.24, 2.45) is 0 Å². The topological polar surface area (TPSA) is 58.7 Å². The van der Waals surface area contributed by atoms with Gasteiger partial charge in [-0.3, -0.25) is 9.78 Å². The van der Waals surface area contributed by atoms with E-state index in [1.54, 1.807) is 13.1 Å². The second kappa shape index (κ2) is 3.85. The molecule has 1 heterocycles. The largest absolute Gasteiger partial charge is 0.285 e. The average Bonchev–Trinajstić information content (AvgIpc) is 2.11. The van der Waals surface area contributed by atoms with Gasteiger partial charge < -0.3 is 0 Å². The van der Waals surface area contributed by atoms with E-state index in [4.69, 9.17) is 5.26 Å². The van der Waals surface area contributed by atoms with Gasteiger partial charge in [-0.2, -0.15) is 5.26 Å². The van der Waals surface area contributed by atoms with Crippen molar-refractivity contribution in [1.82, 2.24) is 9.55 Å². The molecular formula is C9H11N3O. The monoisotopic (exact) mass is 177 g/mol. The van der Waals surface area contributed by atoms with Crippen molar-refractivity contribution < 1.29 is 0 Å².